The summed E-state index contributed by atoms with van der Waals surface area (Å²) in [6.45, 7) is 4.57. The molecule has 1 aliphatic rings. The van der Waals surface area contributed by atoms with Gasteiger partial charge in [-0.05, 0) is 49.6 Å². The second kappa shape index (κ2) is 11.6. The molecule has 190 valence electrons. The lowest BCUT2D eigenvalue weighted by atomic mass is 9.88. The lowest BCUT2D eigenvalue weighted by Crippen LogP contribution is -2.48. The smallest absolute Gasteiger partial charge is 0.251 e. The molecule has 1 saturated heterocycles. The highest BCUT2D eigenvalue weighted by atomic mass is 35.5. The summed E-state index contributed by atoms with van der Waals surface area (Å²) in [5.41, 5.74) is 2.60. The highest BCUT2D eigenvalue weighted by Gasteiger charge is 2.34. The normalized spacial score (nSPS) is 18.8. The molecule has 1 aliphatic heterocycles. The van der Waals surface area contributed by atoms with Crippen molar-refractivity contribution in [2.75, 3.05) is 19.6 Å². The quantitative estimate of drug-likeness (QED) is 0.443. The summed E-state index contributed by atoms with van der Waals surface area (Å²) >= 11 is 6.29. The van der Waals surface area contributed by atoms with Crippen LogP contribution in [0.5, 0.6) is 0 Å². The summed E-state index contributed by atoms with van der Waals surface area (Å²) in [7, 11) is -3.88. The predicted molar refractivity (Wildman–Crippen MR) is 142 cm³/mol. The van der Waals surface area contributed by atoms with Crippen LogP contribution < -0.4 is 5.32 Å². The molecule has 2 atom stereocenters. The number of amides is 1. The van der Waals surface area contributed by atoms with Crippen molar-refractivity contribution >= 4 is 27.5 Å². The second-order valence-electron chi connectivity index (χ2n) is 9.14. The number of hydrogen-bond donors (Lipinski definition) is 1. The zero-order valence-corrected chi connectivity index (χ0v) is 22.0. The third-order valence-electron chi connectivity index (χ3n) is 6.32. The third kappa shape index (κ3) is 6.16. The topological polar surface area (TPSA) is 75.7 Å². The largest absolute Gasteiger partial charge is 0.373 e. The Morgan fingerprint density at radius 1 is 0.972 bits per heavy atom. The number of sulfonamides is 1. The minimum absolute atomic E-state index is 0.0652. The molecule has 6 nitrogen and oxygen atoms in total. The van der Waals surface area contributed by atoms with Crippen molar-refractivity contribution in [2.24, 2.45) is 0 Å². The maximum absolute atomic E-state index is 13.3. The maximum Gasteiger partial charge on any atom is 0.251 e. The number of rotatable bonds is 8. The van der Waals surface area contributed by atoms with Crippen molar-refractivity contribution in [2.45, 2.75) is 43.3 Å². The summed E-state index contributed by atoms with van der Waals surface area (Å²) in [6.07, 6.45) is 0.245. The fourth-order valence-corrected chi connectivity index (χ4v) is 6.73. The van der Waals surface area contributed by atoms with E-state index in [9.17, 15) is 13.2 Å². The van der Waals surface area contributed by atoms with E-state index in [2.05, 4.69) is 29.6 Å². The summed E-state index contributed by atoms with van der Waals surface area (Å²) in [5.74, 6) is -0.217. The molecule has 3 aromatic rings. The summed E-state index contributed by atoms with van der Waals surface area (Å²) in [4.78, 5) is 12.9. The van der Waals surface area contributed by atoms with E-state index in [1.165, 1.54) is 27.6 Å². The Morgan fingerprint density at radius 3 is 2.08 bits per heavy atom. The van der Waals surface area contributed by atoms with Crippen LogP contribution in [0.15, 0.2) is 83.8 Å². The van der Waals surface area contributed by atoms with Gasteiger partial charge in [0.2, 0.25) is 10.0 Å². The van der Waals surface area contributed by atoms with Gasteiger partial charge >= 0.3 is 0 Å². The number of carbonyl (C=O) groups excluding carboxylic acids is 1. The number of ether oxygens (including phenoxy) is 1. The molecular formula is C28H31ClN2O4S. The van der Waals surface area contributed by atoms with Gasteiger partial charge in [0.15, 0.2) is 0 Å². The van der Waals surface area contributed by atoms with Crippen molar-refractivity contribution < 1.29 is 17.9 Å². The summed E-state index contributed by atoms with van der Waals surface area (Å²) < 4.78 is 33.7. The van der Waals surface area contributed by atoms with Crippen LogP contribution in [0, 0.1) is 0 Å². The Balaban J connectivity index is 1.48. The van der Waals surface area contributed by atoms with Gasteiger partial charge in [-0.3, -0.25) is 4.79 Å². The Bertz CT molecular complexity index is 1240. The van der Waals surface area contributed by atoms with Gasteiger partial charge in [-0.2, -0.15) is 4.31 Å². The summed E-state index contributed by atoms with van der Waals surface area (Å²) in [5, 5.41) is 3.04. The number of benzene rings is 3. The molecule has 0 radical (unpaired) electrons. The number of halogens is 1. The summed E-state index contributed by atoms with van der Waals surface area (Å²) in [6, 6.07) is 24.7. The van der Waals surface area contributed by atoms with Crippen molar-refractivity contribution in [1.82, 2.24) is 9.62 Å². The number of nitrogens with one attached hydrogen (secondary N) is 1. The van der Waals surface area contributed by atoms with Crippen LogP contribution in [0.1, 0.15) is 47.7 Å². The van der Waals surface area contributed by atoms with Crippen LogP contribution in [0.3, 0.4) is 0 Å². The Kier molecular flexibility index (Phi) is 8.46. The fraction of sp³-hybridized carbons (Fsp3) is 0.321. The molecule has 0 aromatic heterocycles. The molecule has 0 saturated carbocycles. The van der Waals surface area contributed by atoms with Crippen molar-refractivity contribution in [3.63, 3.8) is 0 Å². The van der Waals surface area contributed by atoms with Crippen molar-refractivity contribution in [1.29, 1.82) is 0 Å². The number of carbonyl (C=O) groups is 1. The van der Waals surface area contributed by atoms with E-state index in [0.717, 1.165) is 0 Å². The zero-order valence-electron chi connectivity index (χ0n) is 20.4. The van der Waals surface area contributed by atoms with E-state index in [0.29, 0.717) is 13.0 Å². The van der Waals surface area contributed by atoms with E-state index in [-0.39, 0.29) is 52.6 Å². The molecule has 1 heterocycles. The molecular weight excluding hydrogens is 496 g/mol. The Labute approximate surface area is 218 Å². The Morgan fingerprint density at radius 2 is 1.53 bits per heavy atom. The van der Waals surface area contributed by atoms with E-state index in [4.69, 9.17) is 16.3 Å². The highest BCUT2D eigenvalue weighted by molar-refractivity contribution is 7.89. The first kappa shape index (κ1) is 26.4. The molecule has 0 unspecified atom stereocenters. The van der Waals surface area contributed by atoms with Crippen LogP contribution in [0.25, 0.3) is 0 Å². The van der Waals surface area contributed by atoms with Gasteiger partial charge in [0, 0.05) is 31.1 Å². The molecule has 1 fully saturated rings. The van der Waals surface area contributed by atoms with Gasteiger partial charge in [-0.1, -0.05) is 72.3 Å². The minimum atomic E-state index is -3.88. The second-order valence-corrected chi connectivity index (χ2v) is 11.5. The molecule has 3 aromatic carbocycles. The zero-order chi connectivity index (χ0) is 25.7. The molecule has 0 aliphatic carbocycles. The highest BCUT2D eigenvalue weighted by Crippen LogP contribution is 2.29. The molecule has 8 heteroatoms. The van der Waals surface area contributed by atoms with E-state index >= 15 is 0 Å². The Hall–Kier alpha value is -2.71. The maximum atomic E-state index is 13.3. The van der Waals surface area contributed by atoms with Gasteiger partial charge in [-0.15, -0.1) is 0 Å². The first-order chi connectivity index (χ1) is 17.3. The van der Waals surface area contributed by atoms with Crippen LogP contribution in [0.4, 0.5) is 0 Å². The first-order valence-corrected chi connectivity index (χ1v) is 13.9. The number of hydrogen-bond acceptors (Lipinski definition) is 4. The molecule has 4 rings (SSSR count). The lowest BCUT2D eigenvalue weighted by molar-refractivity contribution is -0.0440. The minimum Gasteiger partial charge on any atom is -0.373 e. The predicted octanol–water partition coefficient (Wildman–Crippen LogP) is 5.09. The third-order valence-corrected chi connectivity index (χ3v) is 8.63. The van der Waals surface area contributed by atoms with E-state index < -0.39 is 10.0 Å². The average Bonchev–Trinajstić information content (AvgIpc) is 2.87. The monoisotopic (exact) mass is 526 g/mol. The lowest BCUT2D eigenvalue weighted by Gasteiger charge is -2.34. The van der Waals surface area contributed by atoms with Crippen LogP contribution in [0.2, 0.25) is 5.02 Å². The van der Waals surface area contributed by atoms with Gasteiger partial charge < -0.3 is 10.1 Å². The van der Waals surface area contributed by atoms with E-state index in [1.54, 1.807) is 6.07 Å². The standard InChI is InChI=1S/C28H31ClN2O4S/c1-20-18-31(19-21(2)35-20)36(33,34)27-17-24(13-14-26(27)29)28(32)30-16-15-25(22-9-5-3-6-10-22)23-11-7-4-8-12-23/h3-14,17,20-21,25H,15-16,18-19H2,1-2H3,(H,30,32)/t20-,21-/m1/s1. The van der Waals surface area contributed by atoms with Crippen molar-refractivity contribution in [3.8, 4) is 0 Å². The van der Waals surface area contributed by atoms with Crippen molar-refractivity contribution in [3.05, 3.63) is 101 Å². The molecule has 1 N–H and O–H groups in total. The average molecular weight is 527 g/mol. The molecule has 0 spiro atoms. The van der Waals surface area contributed by atoms with Crippen LogP contribution >= 0.6 is 11.6 Å². The first-order valence-electron chi connectivity index (χ1n) is 12.1. The van der Waals surface area contributed by atoms with Crippen LogP contribution in [-0.4, -0.2) is 50.5 Å². The number of morpholine rings is 1. The molecule has 0 bridgehead atoms. The van der Waals surface area contributed by atoms with Gasteiger partial charge in [-0.25, -0.2) is 8.42 Å². The SMILES string of the molecule is C[C@@H]1CN(S(=O)(=O)c2cc(C(=O)NCCC(c3ccccc3)c3ccccc3)ccc2Cl)C[C@@H](C)O1. The number of nitrogens with zero attached hydrogens (tertiary/aromatic N) is 1. The van der Waals surface area contributed by atoms with E-state index in [1.807, 2.05) is 50.2 Å². The molecule has 36 heavy (non-hydrogen) atoms. The fourth-order valence-electron chi connectivity index (χ4n) is 4.64. The van der Waals surface area contributed by atoms with Gasteiger partial charge in [0.25, 0.3) is 5.91 Å². The van der Waals surface area contributed by atoms with Crippen LogP contribution in [-0.2, 0) is 14.8 Å². The van der Waals surface area contributed by atoms with Gasteiger partial charge in [0.1, 0.15) is 4.90 Å². The van der Waals surface area contributed by atoms with Gasteiger partial charge in [0.05, 0.1) is 17.2 Å². The molecule has 1 amide bonds.